The summed E-state index contributed by atoms with van der Waals surface area (Å²) in [6, 6.07) is 5.16. The van der Waals surface area contributed by atoms with Crippen LogP contribution in [0.4, 0.5) is 10.6 Å². The van der Waals surface area contributed by atoms with E-state index in [9.17, 15) is 9.59 Å². The summed E-state index contributed by atoms with van der Waals surface area (Å²) in [6.07, 6.45) is 1.38. The fourth-order valence-electron chi connectivity index (χ4n) is 2.09. The van der Waals surface area contributed by atoms with Crippen LogP contribution in [0.2, 0.25) is 0 Å². The maximum atomic E-state index is 12.0. The molecule has 0 saturated carbocycles. The molecule has 0 radical (unpaired) electrons. The molecule has 0 saturated heterocycles. The Kier molecular flexibility index (Phi) is 4.68. The minimum absolute atomic E-state index is 0.0532. The molecule has 25 heavy (non-hydrogen) atoms. The number of hydrogen-bond donors (Lipinski definition) is 2. The van der Waals surface area contributed by atoms with Gasteiger partial charge < -0.3 is 19.7 Å². The van der Waals surface area contributed by atoms with E-state index < -0.39 is 0 Å². The Morgan fingerprint density at radius 3 is 2.88 bits per heavy atom. The number of fused-ring (bicyclic) bond motifs is 1. The summed E-state index contributed by atoms with van der Waals surface area (Å²) in [4.78, 5) is 26.1. The topological polar surface area (TPSA) is 111 Å². The zero-order valence-electron chi connectivity index (χ0n) is 13.9. The molecular weight excluding hydrogens is 328 g/mol. The Bertz CT molecular complexity index is 788. The number of nitrogens with zero attached hydrogens (tertiary/aromatic N) is 4. The van der Waals surface area contributed by atoms with Crippen LogP contribution in [-0.4, -0.2) is 52.7 Å². The maximum absolute atomic E-state index is 12.0. The van der Waals surface area contributed by atoms with Gasteiger partial charge in [0.2, 0.25) is 12.7 Å². The lowest BCUT2D eigenvalue weighted by atomic mass is 10.2. The van der Waals surface area contributed by atoms with E-state index in [1.165, 1.54) is 15.9 Å². The van der Waals surface area contributed by atoms with Crippen molar-refractivity contribution in [2.45, 2.75) is 13.1 Å². The minimum Gasteiger partial charge on any atom is -0.454 e. The molecule has 0 unspecified atom stereocenters. The second-order valence-corrected chi connectivity index (χ2v) is 5.55. The molecule has 0 aliphatic carbocycles. The van der Waals surface area contributed by atoms with Crippen molar-refractivity contribution in [3.8, 4) is 11.5 Å². The van der Waals surface area contributed by atoms with Gasteiger partial charge in [0.05, 0.1) is 6.20 Å². The van der Waals surface area contributed by atoms with E-state index >= 15 is 0 Å². The Morgan fingerprint density at radius 1 is 1.28 bits per heavy atom. The highest BCUT2D eigenvalue weighted by molar-refractivity contribution is 5.87. The summed E-state index contributed by atoms with van der Waals surface area (Å²) in [5.74, 6) is 1.39. The predicted octanol–water partition coefficient (Wildman–Crippen LogP) is 0.417. The molecule has 1 aromatic carbocycles. The molecule has 2 N–H and O–H groups in total. The molecule has 3 rings (SSSR count). The Hall–Kier alpha value is -3.30. The van der Waals surface area contributed by atoms with Gasteiger partial charge in [-0.3, -0.25) is 10.1 Å². The van der Waals surface area contributed by atoms with Crippen molar-refractivity contribution in [2.75, 3.05) is 26.2 Å². The maximum Gasteiger partial charge on any atom is 0.322 e. The standard InChI is InChI=1S/C15H18N6O4/c1-20(2)15(23)18-13-7-17-21(19-13)8-14(22)16-6-10-3-4-11-12(5-10)25-9-24-11/h3-5,7H,6,8-9H2,1-2H3,(H,16,22)(H,18,19,23). The summed E-state index contributed by atoms with van der Waals surface area (Å²) >= 11 is 0. The van der Waals surface area contributed by atoms with Crippen LogP contribution in [-0.2, 0) is 17.9 Å². The SMILES string of the molecule is CN(C)C(=O)Nc1cnn(CC(=O)NCc2ccc3c(c2)OCO3)n1. The average molecular weight is 346 g/mol. The number of nitrogens with one attached hydrogen (secondary N) is 2. The molecule has 0 fully saturated rings. The first-order valence-corrected chi connectivity index (χ1v) is 7.55. The molecule has 1 aliphatic heterocycles. The smallest absolute Gasteiger partial charge is 0.322 e. The fourth-order valence-corrected chi connectivity index (χ4v) is 2.09. The first-order chi connectivity index (χ1) is 12.0. The summed E-state index contributed by atoms with van der Waals surface area (Å²) in [7, 11) is 3.23. The largest absolute Gasteiger partial charge is 0.454 e. The second kappa shape index (κ2) is 7.07. The molecule has 1 aromatic heterocycles. The molecule has 2 heterocycles. The van der Waals surface area contributed by atoms with Gasteiger partial charge in [0, 0.05) is 20.6 Å². The lowest BCUT2D eigenvalue weighted by molar-refractivity contribution is -0.122. The molecule has 10 nitrogen and oxygen atoms in total. The highest BCUT2D eigenvalue weighted by Crippen LogP contribution is 2.32. The minimum atomic E-state index is -0.320. The van der Waals surface area contributed by atoms with Gasteiger partial charge in [0.1, 0.15) is 6.54 Å². The van der Waals surface area contributed by atoms with Crippen molar-refractivity contribution < 1.29 is 19.1 Å². The van der Waals surface area contributed by atoms with E-state index in [0.717, 1.165) is 5.56 Å². The molecule has 10 heteroatoms. The van der Waals surface area contributed by atoms with Gasteiger partial charge in [-0.2, -0.15) is 9.90 Å². The number of aromatic nitrogens is 3. The van der Waals surface area contributed by atoms with Gasteiger partial charge in [0.15, 0.2) is 17.3 Å². The summed E-state index contributed by atoms with van der Waals surface area (Å²) < 4.78 is 10.5. The molecule has 0 atom stereocenters. The van der Waals surface area contributed by atoms with Gasteiger partial charge in [-0.05, 0) is 17.7 Å². The van der Waals surface area contributed by atoms with E-state index in [2.05, 4.69) is 20.8 Å². The lowest BCUT2D eigenvalue weighted by Gasteiger charge is -2.09. The van der Waals surface area contributed by atoms with Crippen LogP contribution in [0.15, 0.2) is 24.4 Å². The lowest BCUT2D eigenvalue weighted by Crippen LogP contribution is -2.29. The zero-order chi connectivity index (χ0) is 17.8. The van der Waals surface area contributed by atoms with E-state index in [-0.39, 0.29) is 31.1 Å². The van der Waals surface area contributed by atoms with Crippen molar-refractivity contribution in [3.63, 3.8) is 0 Å². The number of anilines is 1. The molecule has 2 aromatic rings. The van der Waals surface area contributed by atoms with Crippen molar-refractivity contribution in [1.29, 1.82) is 0 Å². The summed E-state index contributed by atoms with van der Waals surface area (Å²) in [6.45, 7) is 0.506. The number of hydrogen-bond acceptors (Lipinski definition) is 6. The Balaban J connectivity index is 1.49. The van der Waals surface area contributed by atoms with Crippen LogP contribution in [0.5, 0.6) is 11.5 Å². The molecular formula is C15H18N6O4. The fraction of sp³-hybridized carbons (Fsp3) is 0.333. The van der Waals surface area contributed by atoms with Crippen LogP contribution >= 0.6 is 0 Å². The van der Waals surface area contributed by atoms with Crippen molar-refractivity contribution in [2.24, 2.45) is 0 Å². The van der Waals surface area contributed by atoms with E-state index in [4.69, 9.17) is 9.47 Å². The predicted molar refractivity (Wildman–Crippen MR) is 87.1 cm³/mol. The highest BCUT2D eigenvalue weighted by atomic mass is 16.7. The summed E-state index contributed by atoms with van der Waals surface area (Å²) in [5.41, 5.74) is 0.893. The number of ether oxygens (including phenoxy) is 2. The Morgan fingerprint density at radius 2 is 2.08 bits per heavy atom. The summed E-state index contributed by atoms with van der Waals surface area (Å²) in [5, 5.41) is 13.3. The van der Waals surface area contributed by atoms with E-state index in [1.807, 2.05) is 12.1 Å². The van der Waals surface area contributed by atoms with Crippen molar-refractivity contribution in [3.05, 3.63) is 30.0 Å². The first-order valence-electron chi connectivity index (χ1n) is 7.55. The Labute approximate surface area is 143 Å². The molecule has 132 valence electrons. The number of amides is 3. The number of carbonyl (C=O) groups excluding carboxylic acids is 2. The first kappa shape index (κ1) is 16.6. The van der Waals surface area contributed by atoms with Gasteiger partial charge in [-0.25, -0.2) is 4.79 Å². The normalized spacial score (nSPS) is 11.9. The second-order valence-electron chi connectivity index (χ2n) is 5.55. The van der Waals surface area contributed by atoms with Gasteiger partial charge in [-0.1, -0.05) is 6.07 Å². The van der Waals surface area contributed by atoms with Crippen molar-refractivity contribution in [1.82, 2.24) is 25.2 Å². The van der Waals surface area contributed by atoms with E-state index in [1.54, 1.807) is 20.2 Å². The molecule has 3 amide bonds. The van der Waals surface area contributed by atoms with Gasteiger partial charge >= 0.3 is 6.03 Å². The van der Waals surface area contributed by atoms with Crippen LogP contribution in [0.3, 0.4) is 0 Å². The third kappa shape index (κ3) is 4.16. The molecule has 0 bridgehead atoms. The average Bonchev–Trinajstić information content (AvgIpc) is 3.21. The molecule has 0 spiro atoms. The molecule has 1 aliphatic rings. The number of urea groups is 1. The third-order valence-electron chi connectivity index (χ3n) is 3.39. The van der Waals surface area contributed by atoms with Gasteiger partial charge in [0.25, 0.3) is 0 Å². The van der Waals surface area contributed by atoms with Crippen LogP contribution < -0.4 is 20.1 Å². The van der Waals surface area contributed by atoms with Crippen LogP contribution in [0.1, 0.15) is 5.56 Å². The number of benzene rings is 1. The quantitative estimate of drug-likeness (QED) is 0.812. The number of rotatable bonds is 5. The third-order valence-corrected chi connectivity index (χ3v) is 3.39. The highest BCUT2D eigenvalue weighted by Gasteiger charge is 2.14. The monoisotopic (exact) mass is 346 g/mol. The van der Waals surface area contributed by atoms with Crippen LogP contribution in [0, 0.1) is 0 Å². The van der Waals surface area contributed by atoms with Gasteiger partial charge in [-0.15, -0.1) is 5.10 Å². The van der Waals surface area contributed by atoms with E-state index in [0.29, 0.717) is 18.0 Å². The zero-order valence-corrected chi connectivity index (χ0v) is 13.9. The number of carbonyl (C=O) groups is 2. The van der Waals surface area contributed by atoms with Crippen LogP contribution in [0.25, 0.3) is 0 Å². The van der Waals surface area contributed by atoms with Crippen molar-refractivity contribution >= 4 is 17.8 Å².